The summed E-state index contributed by atoms with van der Waals surface area (Å²) < 4.78 is 0. The quantitative estimate of drug-likeness (QED) is 0.528. The molecule has 4 nitrogen and oxygen atoms in total. The van der Waals surface area contributed by atoms with Crippen LogP contribution in [-0.4, -0.2) is 16.8 Å². The first-order chi connectivity index (χ1) is 10.4. The van der Waals surface area contributed by atoms with Crippen LogP contribution in [0.3, 0.4) is 0 Å². The number of nitrogens with zero attached hydrogens (tertiary/aromatic N) is 1. The van der Waals surface area contributed by atoms with E-state index in [9.17, 15) is 10.0 Å². The first-order valence-electron chi connectivity index (χ1n) is 7.19. The summed E-state index contributed by atoms with van der Waals surface area (Å²) in [6.45, 7) is 5.60. The minimum absolute atomic E-state index is 0.0505. The van der Waals surface area contributed by atoms with Crippen molar-refractivity contribution in [1.82, 2.24) is 0 Å². The zero-order valence-electron chi connectivity index (χ0n) is 12.8. The van der Waals surface area contributed by atoms with Gasteiger partial charge in [0.15, 0.2) is 0 Å². The molecule has 0 atom stereocenters. The van der Waals surface area contributed by atoms with E-state index in [1.54, 1.807) is 0 Å². The van der Waals surface area contributed by atoms with Crippen molar-refractivity contribution < 1.29 is 10.0 Å². The summed E-state index contributed by atoms with van der Waals surface area (Å²) in [6.07, 6.45) is 0. The molecule has 0 saturated carbocycles. The van der Waals surface area contributed by atoms with Crippen LogP contribution < -0.4 is 5.32 Å². The predicted molar refractivity (Wildman–Crippen MR) is 87.4 cm³/mol. The molecule has 22 heavy (non-hydrogen) atoms. The smallest absolute Gasteiger partial charge is 0.229 e. The predicted octanol–water partition coefficient (Wildman–Crippen LogP) is 3.88. The van der Waals surface area contributed by atoms with Gasteiger partial charge in [0, 0.05) is 22.2 Å². The Bertz CT molecular complexity index is 786. The van der Waals surface area contributed by atoms with Crippen LogP contribution in [0.25, 0.3) is 11.1 Å². The van der Waals surface area contributed by atoms with Crippen LogP contribution in [0.15, 0.2) is 47.6 Å². The van der Waals surface area contributed by atoms with Crippen LogP contribution in [0, 0.1) is 5.41 Å². The minimum atomic E-state index is -0.462. The first kappa shape index (κ1) is 14.3. The van der Waals surface area contributed by atoms with Crippen molar-refractivity contribution in [3.05, 3.63) is 53.6 Å². The Balaban J connectivity index is 2.03. The number of benzene rings is 2. The monoisotopic (exact) mass is 294 g/mol. The number of fused-ring (bicyclic) bond motifs is 3. The van der Waals surface area contributed by atoms with Gasteiger partial charge in [0.05, 0.1) is 0 Å². The highest BCUT2D eigenvalue weighted by molar-refractivity contribution is 6.24. The third-order valence-electron chi connectivity index (χ3n) is 3.79. The van der Waals surface area contributed by atoms with Crippen molar-refractivity contribution in [2.75, 3.05) is 5.32 Å². The van der Waals surface area contributed by atoms with Gasteiger partial charge in [-0.1, -0.05) is 56.3 Å². The highest BCUT2D eigenvalue weighted by Gasteiger charge is 2.26. The number of carbonyl (C=O) groups excluding carboxylic acids is 1. The van der Waals surface area contributed by atoms with Crippen LogP contribution >= 0.6 is 0 Å². The van der Waals surface area contributed by atoms with Crippen LogP contribution in [0.2, 0.25) is 0 Å². The Morgan fingerprint density at radius 3 is 2.27 bits per heavy atom. The number of oxime groups is 1. The SMILES string of the molecule is CC(C)(C)C(=O)Nc1ccc2c(c1)/C(=N/O)c1ccccc1-2. The molecule has 2 aromatic carbocycles. The standard InChI is InChI=1S/C18H18N2O2/c1-18(2,3)17(21)19-11-8-9-13-12-6-4-5-7-14(12)16(20-22)15(13)10-11/h4-10,22H,1-3H3,(H,19,21)/b20-16+. The highest BCUT2D eigenvalue weighted by atomic mass is 16.4. The van der Waals surface area contributed by atoms with Gasteiger partial charge in [0.25, 0.3) is 0 Å². The summed E-state index contributed by atoms with van der Waals surface area (Å²) in [7, 11) is 0. The van der Waals surface area contributed by atoms with E-state index in [1.807, 2.05) is 63.2 Å². The Labute approximate surface area is 129 Å². The van der Waals surface area contributed by atoms with Crippen LogP contribution in [0.4, 0.5) is 5.69 Å². The molecule has 0 bridgehead atoms. The third kappa shape index (κ3) is 2.26. The van der Waals surface area contributed by atoms with Gasteiger partial charge in [0.2, 0.25) is 5.91 Å². The first-order valence-corrected chi connectivity index (χ1v) is 7.19. The summed E-state index contributed by atoms with van der Waals surface area (Å²) in [5.41, 5.74) is 4.56. The lowest BCUT2D eigenvalue weighted by atomic mass is 9.95. The fraction of sp³-hybridized carbons (Fsp3) is 0.222. The molecule has 0 aliphatic heterocycles. The van der Waals surface area contributed by atoms with Crippen LogP contribution in [0.5, 0.6) is 0 Å². The van der Waals surface area contributed by atoms with Gasteiger partial charge in [-0.2, -0.15) is 0 Å². The zero-order valence-corrected chi connectivity index (χ0v) is 12.8. The molecule has 0 unspecified atom stereocenters. The van der Waals surface area contributed by atoms with Gasteiger partial charge in [-0.3, -0.25) is 4.79 Å². The van der Waals surface area contributed by atoms with Gasteiger partial charge in [-0.05, 0) is 23.3 Å². The third-order valence-corrected chi connectivity index (χ3v) is 3.79. The fourth-order valence-corrected chi connectivity index (χ4v) is 2.55. The van der Waals surface area contributed by atoms with Gasteiger partial charge < -0.3 is 10.5 Å². The second-order valence-electron chi connectivity index (χ2n) is 6.46. The number of anilines is 1. The molecule has 1 aliphatic carbocycles. The molecule has 3 rings (SSSR count). The van der Waals surface area contributed by atoms with E-state index in [2.05, 4.69) is 10.5 Å². The van der Waals surface area contributed by atoms with Gasteiger partial charge >= 0.3 is 0 Å². The Kier molecular flexibility index (Phi) is 3.24. The summed E-state index contributed by atoms with van der Waals surface area (Å²) in [5, 5.41) is 15.7. The van der Waals surface area contributed by atoms with E-state index in [1.165, 1.54) is 0 Å². The van der Waals surface area contributed by atoms with E-state index >= 15 is 0 Å². The van der Waals surface area contributed by atoms with Crippen molar-refractivity contribution in [2.45, 2.75) is 20.8 Å². The molecule has 0 fully saturated rings. The number of carbonyl (C=O) groups is 1. The maximum atomic E-state index is 12.1. The lowest BCUT2D eigenvalue weighted by Gasteiger charge is -2.18. The molecule has 0 radical (unpaired) electrons. The van der Waals surface area contributed by atoms with Gasteiger partial charge in [-0.25, -0.2) is 0 Å². The molecule has 0 heterocycles. The molecule has 4 heteroatoms. The number of nitrogens with one attached hydrogen (secondary N) is 1. The highest BCUT2D eigenvalue weighted by Crippen LogP contribution is 2.38. The van der Waals surface area contributed by atoms with Crippen LogP contribution in [-0.2, 0) is 4.79 Å². The maximum Gasteiger partial charge on any atom is 0.229 e. The Hall–Kier alpha value is -2.62. The normalized spacial score (nSPS) is 14.6. The molecule has 2 aromatic rings. The van der Waals surface area contributed by atoms with Gasteiger partial charge in [0.1, 0.15) is 5.71 Å². The van der Waals surface area contributed by atoms with E-state index < -0.39 is 5.41 Å². The van der Waals surface area contributed by atoms with Crippen molar-refractivity contribution >= 4 is 17.3 Å². The average Bonchev–Trinajstić information content (AvgIpc) is 2.79. The lowest BCUT2D eigenvalue weighted by molar-refractivity contribution is -0.123. The topological polar surface area (TPSA) is 61.7 Å². The van der Waals surface area contributed by atoms with Crippen molar-refractivity contribution in [1.29, 1.82) is 0 Å². The van der Waals surface area contributed by atoms with Gasteiger partial charge in [-0.15, -0.1) is 0 Å². The molecule has 2 N–H and O–H groups in total. The Morgan fingerprint density at radius 2 is 1.64 bits per heavy atom. The summed E-state index contributed by atoms with van der Waals surface area (Å²) in [6, 6.07) is 13.5. The van der Waals surface area contributed by atoms with Crippen molar-refractivity contribution in [2.24, 2.45) is 10.6 Å². The largest absolute Gasteiger partial charge is 0.410 e. The lowest BCUT2D eigenvalue weighted by Crippen LogP contribution is -2.27. The number of hydrogen-bond acceptors (Lipinski definition) is 3. The molecule has 112 valence electrons. The Morgan fingerprint density at radius 1 is 1.00 bits per heavy atom. The molecule has 0 spiro atoms. The number of hydrogen-bond donors (Lipinski definition) is 2. The second kappa shape index (κ2) is 4.98. The maximum absolute atomic E-state index is 12.1. The fourth-order valence-electron chi connectivity index (χ4n) is 2.55. The van der Waals surface area contributed by atoms with E-state index in [-0.39, 0.29) is 5.91 Å². The molecular formula is C18H18N2O2. The molecule has 1 amide bonds. The van der Waals surface area contributed by atoms with Crippen molar-refractivity contribution in [3.8, 4) is 11.1 Å². The second-order valence-corrected chi connectivity index (χ2v) is 6.46. The van der Waals surface area contributed by atoms with E-state index in [0.29, 0.717) is 11.4 Å². The number of rotatable bonds is 1. The number of amides is 1. The van der Waals surface area contributed by atoms with Crippen LogP contribution in [0.1, 0.15) is 31.9 Å². The zero-order chi connectivity index (χ0) is 15.9. The summed E-state index contributed by atoms with van der Waals surface area (Å²) >= 11 is 0. The summed E-state index contributed by atoms with van der Waals surface area (Å²) in [4.78, 5) is 12.1. The molecule has 0 aromatic heterocycles. The van der Waals surface area contributed by atoms with E-state index in [4.69, 9.17) is 0 Å². The minimum Gasteiger partial charge on any atom is -0.410 e. The van der Waals surface area contributed by atoms with E-state index in [0.717, 1.165) is 22.3 Å². The average molecular weight is 294 g/mol. The molecule has 0 saturated heterocycles. The molecular weight excluding hydrogens is 276 g/mol. The van der Waals surface area contributed by atoms with Crippen molar-refractivity contribution in [3.63, 3.8) is 0 Å². The summed E-state index contributed by atoms with van der Waals surface area (Å²) in [5.74, 6) is -0.0505. The molecule has 1 aliphatic rings.